The Bertz CT molecular complexity index is 984. The lowest BCUT2D eigenvalue weighted by Gasteiger charge is -2.23. The van der Waals surface area contributed by atoms with Gasteiger partial charge in [0.2, 0.25) is 5.89 Å². The summed E-state index contributed by atoms with van der Waals surface area (Å²) in [5.74, 6) is -0.216. The summed E-state index contributed by atoms with van der Waals surface area (Å²) in [6.45, 7) is 0.635. The van der Waals surface area contributed by atoms with Crippen molar-refractivity contribution in [2.75, 3.05) is 6.54 Å². The predicted molar refractivity (Wildman–Crippen MR) is 104 cm³/mol. The summed E-state index contributed by atoms with van der Waals surface area (Å²) in [4.78, 5) is 18.7. The summed E-state index contributed by atoms with van der Waals surface area (Å²) in [6, 6.07) is 12.4. The fraction of sp³-hybridized carbons (Fsp3) is 0.273. The van der Waals surface area contributed by atoms with E-state index < -0.39 is 0 Å². The first-order valence-corrected chi connectivity index (χ1v) is 9.58. The molecule has 1 heterocycles. The Kier molecular flexibility index (Phi) is 5.55. The van der Waals surface area contributed by atoms with E-state index in [-0.39, 0.29) is 30.3 Å². The zero-order chi connectivity index (χ0) is 20.2. The van der Waals surface area contributed by atoms with Crippen molar-refractivity contribution in [2.24, 2.45) is 0 Å². The van der Waals surface area contributed by atoms with Gasteiger partial charge in [-0.25, -0.2) is 18.6 Å². The molecular weight excluding hydrogens is 376 g/mol. The van der Waals surface area contributed by atoms with E-state index in [1.807, 2.05) is 0 Å². The molecule has 1 aromatic heterocycles. The van der Waals surface area contributed by atoms with Gasteiger partial charge >= 0.3 is 6.03 Å². The van der Waals surface area contributed by atoms with Crippen LogP contribution in [0.5, 0.6) is 0 Å². The minimum Gasteiger partial charge on any atom is -0.444 e. The van der Waals surface area contributed by atoms with Crippen LogP contribution in [0.4, 0.5) is 13.6 Å². The highest BCUT2D eigenvalue weighted by Crippen LogP contribution is 2.28. The molecule has 1 fully saturated rings. The van der Waals surface area contributed by atoms with Crippen molar-refractivity contribution in [3.63, 3.8) is 0 Å². The fourth-order valence-electron chi connectivity index (χ4n) is 3.11. The second-order valence-corrected chi connectivity index (χ2v) is 7.08. The molecule has 0 bridgehead atoms. The maximum atomic E-state index is 13.9. The first kappa shape index (κ1) is 19.1. The van der Waals surface area contributed by atoms with Gasteiger partial charge in [0.05, 0.1) is 12.2 Å². The first-order chi connectivity index (χ1) is 14.1. The summed E-state index contributed by atoms with van der Waals surface area (Å²) in [7, 11) is 0. The van der Waals surface area contributed by atoms with Crippen LogP contribution >= 0.6 is 0 Å². The molecule has 7 heteroatoms. The lowest BCUT2D eigenvalue weighted by Crippen LogP contribution is -2.41. The number of halogens is 2. The number of oxazole rings is 1. The lowest BCUT2D eigenvalue weighted by atomic mass is 10.2. The Hall–Kier alpha value is -3.22. The van der Waals surface area contributed by atoms with Gasteiger partial charge in [-0.3, -0.25) is 0 Å². The minimum absolute atomic E-state index is 0.159. The predicted octanol–water partition coefficient (Wildman–Crippen LogP) is 4.54. The van der Waals surface area contributed by atoms with E-state index in [0.717, 1.165) is 12.8 Å². The number of nitrogens with one attached hydrogen (secondary N) is 1. The van der Waals surface area contributed by atoms with Crippen LogP contribution < -0.4 is 5.32 Å². The molecule has 1 saturated carbocycles. The van der Waals surface area contributed by atoms with Gasteiger partial charge in [0, 0.05) is 30.1 Å². The SMILES string of the molecule is O=C(NCCc1coc(-c2ccc(F)cc2)n1)N(Cc1ccccc1F)C1CC1. The van der Waals surface area contributed by atoms with Gasteiger partial charge in [-0.2, -0.15) is 0 Å². The van der Waals surface area contributed by atoms with Crippen molar-refractivity contribution in [3.8, 4) is 11.5 Å². The van der Waals surface area contributed by atoms with Gasteiger partial charge in [-0.1, -0.05) is 18.2 Å². The largest absolute Gasteiger partial charge is 0.444 e. The zero-order valence-electron chi connectivity index (χ0n) is 15.8. The Balaban J connectivity index is 1.32. The van der Waals surface area contributed by atoms with Crippen molar-refractivity contribution in [1.29, 1.82) is 0 Å². The van der Waals surface area contributed by atoms with Crippen molar-refractivity contribution in [3.05, 3.63) is 77.7 Å². The van der Waals surface area contributed by atoms with E-state index in [0.29, 0.717) is 35.7 Å². The molecule has 0 atom stereocenters. The van der Waals surface area contributed by atoms with Gasteiger partial charge in [-0.05, 0) is 43.2 Å². The van der Waals surface area contributed by atoms with Crippen LogP contribution in [0.2, 0.25) is 0 Å². The molecule has 0 unspecified atom stereocenters. The number of amides is 2. The van der Waals surface area contributed by atoms with Gasteiger partial charge in [0.1, 0.15) is 17.9 Å². The molecule has 0 radical (unpaired) electrons. The summed E-state index contributed by atoms with van der Waals surface area (Å²) in [5.41, 5.74) is 1.89. The molecule has 2 aromatic carbocycles. The Morgan fingerprint density at radius 3 is 2.62 bits per heavy atom. The van der Waals surface area contributed by atoms with Crippen LogP contribution in [0.15, 0.2) is 59.2 Å². The molecule has 150 valence electrons. The summed E-state index contributed by atoms with van der Waals surface area (Å²) < 4.78 is 32.4. The third-order valence-corrected chi connectivity index (χ3v) is 4.85. The number of carbonyl (C=O) groups is 1. The third kappa shape index (κ3) is 4.80. The molecule has 3 aromatic rings. The van der Waals surface area contributed by atoms with Crippen molar-refractivity contribution < 1.29 is 18.0 Å². The van der Waals surface area contributed by atoms with Crippen LogP contribution in [-0.2, 0) is 13.0 Å². The average molecular weight is 397 g/mol. The molecule has 2 amide bonds. The molecular formula is C22H21F2N3O2. The van der Waals surface area contributed by atoms with Gasteiger partial charge in [0.25, 0.3) is 0 Å². The number of hydrogen-bond acceptors (Lipinski definition) is 3. The first-order valence-electron chi connectivity index (χ1n) is 9.58. The smallest absolute Gasteiger partial charge is 0.317 e. The Morgan fingerprint density at radius 2 is 1.90 bits per heavy atom. The number of nitrogens with zero attached hydrogens (tertiary/aromatic N) is 2. The van der Waals surface area contributed by atoms with Crippen LogP contribution in [0.25, 0.3) is 11.5 Å². The van der Waals surface area contributed by atoms with E-state index in [2.05, 4.69) is 10.3 Å². The van der Waals surface area contributed by atoms with E-state index >= 15 is 0 Å². The van der Waals surface area contributed by atoms with Crippen molar-refractivity contribution in [2.45, 2.75) is 31.8 Å². The molecule has 1 N–H and O–H groups in total. The number of rotatable bonds is 7. The van der Waals surface area contributed by atoms with E-state index in [9.17, 15) is 13.6 Å². The number of hydrogen-bond donors (Lipinski definition) is 1. The van der Waals surface area contributed by atoms with E-state index in [1.165, 1.54) is 24.5 Å². The second-order valence-electron chi connectivity index (χ2n) is 7.08. The third-order valence-electron chi connectivity index (χ3n) is 4.85. The highest BCUT2D eigenvalue weighted by Gasteiger charge is 2.32. The molecule has 1 aliphatic rings. The molecule has 0 saturated heterocycles. The maximum Gasteiger partial charge on any atom is 0.317 e. The van der Waals surface area contributed by atoms with E-state index in [4.69, 9.17) is 4.42 Å². The van der Waals surface area contributed by atoms with Crippen molar-refractivity contribution >= 4 is 6.03 Å². The van der Waals surface area contributed by atoms with Crippen LogP contribution in [0, 0.1) is 11.6 Å². The molecule has 5 nitrogen and oxygen atoms in total. The second kappa shape index (κ2) is 8.43. The molecule has 0 spiro atoms. The number of urea groups is 1. The lowest BCUT2D eigenvalue weighted by molar-refractivity contribution is 0.191. The molecule has 4 rings (SSSR count). The zero-order valence-corrected chi connectivity index (χ0v) is 15.8. The van der Waals surface area contributed by atoms with Crippen LogP contribution in [0.1, 0.15) is 24.1 Å². The molecule has 29 heavy (non-hydrogen) atoms. The topological polar surface area (TPSA) is 58.4 Å². The number of benzene rings is 2. The fourth-order valence-corrected chi connectivity index (χ4v) is 3.11. The van der Waals surface area contributed by atoms with Crippen LogP contribution in [-0.4, -0.2) is 28.5 Å². The highest BCUT2D eigenvalue weighted by molar-refractivity contribution is 5.75. The normalized spacial score (nSPS) is 13.3. The Labute approximate surface area is 167 Å². The summed E-state index contributed by atoms with van der Waals surface area (Å²) >= 11 is 0. The summed E-state index contributed by atoms with van der Waals surface area (Å²) in [6.07, 6.45) is 3.90. The van der Waals surface area contributed by atoms with Crippen LogP contribution in [0.3, 0.4) is 0 Å². The number of aromatic nitrogens is 1. The number of carbonyl (C=O) groups excluding carboxylic acids is 1. The maximum absolute atomic E-state index is 13.9. The highest BCUT2D eigenvalue weighted by atomic mass is 19.1. The minimum atomic E-state index is -0.321. The molecule has 1 aliphatic carbocycles. The Morgan fingerprint density at radius 1 is 1.14 bits per heavy atom. The monoisotopic (exact) mass is 397 g/mol. The standard InChI is InChI=1S/C22H21F2N3O2/c23-17-7-5-15(6-8-17)21-26-18(14-29-21)11-12-25-22(28)27(19-9-10-19)13-16-3-1-2-4-20(16)24/h1-8,14,19H,9-13H2,(H,25,28). The van der Waals surface area contributed by atoms with Crippen molar-refractivity contribution in [1.82, 2.24) is 15.2 Å². The van der Waals surface area contributed by atoms with Gasteiger partial charge < -0.3 is 14.6 Å². The van der Waals surface area contributed by atoms with Gasteiger partial charge in [0.15, 0.2) is 0 Å². The van der Waals surface area contributed by atoms with E-state index in [1.54, 1.807) is 35.2 Å². The quantitative estimate of drug-likeness (QED) is 0.637. The summed E-state index contributed by atoms with van der Waals surface area (Å²) in [5, 5.41) is 2.88. The molecule has 0 aliphatic heterocycles. The van der Waals surface area contributed by atoms with Gasteiger partial charge in [-0.15, -0.1) is 0 Å². The average Bonchev–Trinajstić information content (AvgIpc) is 3.45.